The van der Waals surface area contributed by atoms with Crippen LogP contribution in [-0.2, 0) is 9.53 Å². The van der Waals surface area contributed by atoms with Crippen LogP contribution >= 0.6 is 0 Å². The monoisotopic (exact) mass is 264 g/mol. The molecule has 0 N–H and O–H groups in total. The summed E-state index contributed by atoms with van der Waals surface area (Å²) in [6.45, 7) is 1.19. The highest BCUT2D eigenvalue weighted by Crippen LogP contribution is 2.44. The van der Waals surface area contributed by atoms with Crippen molar-refractivity contribution in [3.63, 3.8) is 0 Å². The Hall–Kier alpha value is -1.10. The van der Waals surface area contributed by atoms with E-state index in [9.17, 15) is 9.59 Å². The Morgan fingerprint density at radius 3 is 2.74 bits per heavy atom. The smallest absolute Gasteiger partial charge is 0.328 e. The molecule has 0 bridgehead atoms. The minimum Gasteiger partial charge on any atom is -0.379 e. The normalized spacial score (nSPS) is 41.9. The van der Waals surface area contributed by atoms with Crippen LogP contribution in [-0.4, -0.2) is 53.1 Å². The zero-order valence-electron chi connectivity index (χ0n) is 11.1. The average molecular weight is 264 g/mol. The Kier molecular flexibility index (Phi) is 2.59. The van der Waals surface area contributed by atoms with E-state index >= 15 is 0 Å². The predicted octanol–water partition coefficient (Wildman–Crippen LogP) is 1.37. The third-order valence-electron chi connectivity index (χ3n) is 5.31. The highest BCUT2D eigenvalue weighted by Gasteiger charge is 2.57. The maximum absolute atomic E-state index is 12.6. The maximum Gasteiger partial charge on any atom is 0.328 e. The highest BCUT2D eigenvalue weighted by atomic mass is 16.5. The number of hydrogen-bond acceptors (Lipinski definition) is 3. The van der Waals surface area contributed by atoms with Crippen LogP contribution in [0.15, 0.2) is 0 Å². The lowest BCUT2D eigenvalue weighted by atomic mass is 9.84. The SMILES string of the molecule is O=C1C2CC3CCCCC3N2C(=O)N1C1CCOC1. The van der Waals surface area contributed by atoms with E-state index in [1.165, 1.54) is 24.2 Å². The van der Waals surface area contributed by atoms with Crippen molar-refractivity contribution in [1.29, 1.82) is 0 Å². The Morgan fingerprint density at radius 2 is 1.95 bits per heavy atom. The number of imide groups is 1. The molecule has 4 fully saturated rings. The van der Waals surface area contributed by atoms with Crippen molar-refractivity contribution in [2.75, 3.05) is 13.2 Å². The number of nitrogens with zero attached hydrogens (tertiary/aromatic N) is 2. The highest BCUT2D eigenvalue weighted by molar-refractivity contribution is 6.05. The van der Waals surface area contributed by atoms with Gasteiger partial charge in [-0.25, -0.2) is 4.79 Å². The van der Waals surface area contributed by atoms with Crippen molar-refractivity contribution in [2.45, 2.75) is 56.7 Å². The molecule has 3 saturated heterocycles. The number of carbonyl (C=O) groups excluding carboxylic acids is 2. The predicted molar refractivity (Wildman–Crippen MR) is 67.5 cm³/mol. The molecular weight excluding hydrogens is 244 g/mol. The quantitative estimate of drug-likeness (QED) is 0.672. The molecular formula is C14H20N2O3. The molecule has 4 aliphatic rings. The van der Waals surface area contributed by atoms with Crippen molar-refractivity contribution in [1.82, 2.24) is 9.80 Å². The van der Waals surface area contributed by atoms with Crippen molar-refractivity contribution < 1.29 is 14.3 Å². The van der Waals surface area contributed by atoms with E-state index < -0.39 is 0 Å². The first-order valence-corrected chi connectivity index (χ1v) is 7.50. The second kappa shape index (κ2) is 4.20. The van der Waals surface area contributed by atoms with Gasteiger partial charge < -0.3 is 9.64 Å². The largest absolute Gasteiger partial charge is 0.379 e. The molecule has 1 saturated carbocycles. The van der Waals surface area contributed by atoms with Crippen LogP contribution in [0.1, 0.15) is 38.5 Å². The molecule has 4 rings (SSSR count). The lowest BCUT2D eigenvalue weighted by Crippen LogP contribution is -2.45. The van der Waals surface area contributed by atoms with Crippen LogP contribution in [0.3, 0.4) is 0 Å². The van der Waals surface area contributed by atoms with E-state index in [0.717, 1.165) is 19.3 Å². The molecule has 0 aromatic carbocycles. The molecule has 1 aliphatic carbocycles. The first-order chi connectivity index (χ1) is 9.27. The maximum atomic E-state index is 12.6. The lowest BCUT2D eigenvalue weighted by molar-refractivity contribution is -0.129. The molecule has 0 aromatic rings. The van der Waals surface area contributed by atoms with E-state index in [2.05, 4.69) is 0 Å². The summed E-state index contributed by atoms with van der Waals surface area (Å²) in [6, 6.07) is 0.0938. The van der Waals surface area contributed by atoms with Gasteiger partial charge in [0, 0.05) is 12.6 Å². The van der Waals surface area contributed by atoms with E-state index in [4.69, 9.17) is 4.74 Å². The Morgan fingerprint density at radius 1 is 1.11 bits per heavy atom. The van der Waals surface area contributed by atoms with Crippen molar-refractivity contribution in [3.8, 4) is 0 Å². The third-order valence-corrected chi connectivity index (χ3v) is 5.31. The topological polar surface area (TPSA) is 49.9 Å². The van der Waals surface area contributed by atoms with E-state index in [-0.39, 0.29) is 24.0 Å². The molecule has 104 valence electrons. The first kappa shape index (κ1) is 11.7. The Bertz CT molecular complexity index is 419. The summed E-state index contributed by atoms with van der Waals surface area (Å²) in [7, 11) is 0. The minimum atomic E-state index is -0.166. The van der Waals surface area contributed by atoms with Crippen molar-refractivity contribution >= 4 is 11.9 Å². The summed E-state index contributed by atoms with van der Waals surface area (Å²) in [5, 5.41) is 0. The number of amides is 3. The first-order valence-electron chi connectivity index (χ1n) is 7.50. The third kappa shape index (κ3) is 1.57. The second-order valence-electron chi connectivity index (χ2n) is 6.28. The number of carbonyl (C=O) groups is 2. The number of ether oxygens (including phenoxy) is 1. The summed E-state index contributed by atoms with van der Waals surface area (Å²) in [5.41, 5.74) is 0. The van der Waals surface area contributed by atoms with Crippen molar-refractivity contribution in [2.24, 2.45) is 5.92 Å². The van der Waals surface area contributed by atoms with Crippen molar-refractivity contribution in [3.05, 3.63) is 0 Å². The molecule has 3 amide bonds. The van der Waals surface area contributed by atoms with Crippen LogP contribution in [0.4, 0.5) is 4.79 Å². The molecule has 3 aliphatic heterocycles. The number of fused-ring (bicyclic) bond motifs is 3. The van der Waals surface area contributed by atoms with Gasteiger partial charge in [-0.2, -0.15) is 0 Å². The fraction of sp³-hybridized carbons (Fsp3) is 0.857. The standard InChI is InChI=1S/C14H20N2O3/c17-13-12-7-9-3-1-2-4-11(9)16(12)14(18)15(13)10-5-6-19-8-10/h9-12H,1-8H2. The van der Waals surface area contributed by atoms with Crippen LogP contribution < -0.4 is 0 Å². The van der Waals surface area contributed by atoms with Gasteiger partial charge in [0.15, 0.2) is 0 Å². The summed E-state index contributed by atoms with van der Waals surface area (Å²) in [6.07, 6.45) is 6.40. The van der Waals surface area contributed by atoms with Gasteiger partial charge in [-0.3, -0.25) is 9.69 Å². The molecule has 4 unspecified atom stereocenters. The van der Waals surface area contributed by atoms with Gasteiger partial charge in [-0.05, 0) is 31.6 Å². The summed E-state index contributed by atoms with van der Waals surface area (Å²) in [4.78, 5) is 28.6. The number of rotatable bonds is 1. The fourth-order valence-electron chi connectivity index (χ4n) is 4.40. The molecule has 4 atom stereocenters. The molecule has 19 heavy (non-hydrogen) atoms. The van der Waals surface area contributed by atoms with Gasteiger partial charge in [0.1, 0.15) is 6.04 Å². The Labute approximate surface area is 112 Å². The Balaban J connectivity index is 1.60. The molecule has 0 aromatic heterocycles. The van der Waals surface area contributed by atoms with Gasteiger partial charge in [-0.1, -0.05) is 12.8 Å². The minimum absolute atomic E-state index is 0.0207. The van der Waals surface area contributed by atoms with E-state index in [0.29, 0.717) is 25.2 Å². The van der Waals surface area contributed by atoms with Gasteiger partial charge in [0.25, 0.3) is 5.91 Å². The van der Waals surface area contributed by atoms with Crippen LogP contribution in [0.5, 0.6) is 0 Å². The summed E-state index contributed by atoms with van der Waals surface area (Å²) >= 11 is 0. The van der Waals surface area contributed by atoms with E-state index in [1.807, 2.05) is 4.90 Å². The average Bonchev–Trinajstić information content (AvgIpc) is 3.08. The van der Waals surface area contributed by atoms with Gasteiger partial charge in [-0.15, -0.1) is 0 Å². The molecule has 5 nitrogen and oxygen atoms in total. The molecule has 0 radical (unpaired) electrons. The molecule has 5 heteroatoms. The molecule has 3 heterocycles. The van der Waals surface area contributed by atoms with Crippen LogP contribution in [0.2, 0.25) is 0 Å². The summed E-state index contributed by atoms with van der Waals surface area (Å²) in [5.74, 6) is 0.600. The van der Waals surface area contributed by atoms with E-state index in [1.54, 1.807) is 0 Å². The number of hydrogen-bond donors (Lipinski definition) is 0. The summed E-state index contributed by atoms with van der Waals surface area (Å²) < 4.78 is 5.33. The van der Waals surface area contributed by atoms with Crippen LogP contribution in [0.25, 0.3) is 0 Å². The number of urea groups is 1. The fourth-order valence-corrected chi connectivity index (χ4v) is 4.40. The molecule has 0 spiro atoms. The van der Waals surface area contributed by atoms with Gasteiger partial charge >= 0.3 is 6.03 Å². The zero-order valence-corrected chi connectivity index (χ0v) is 11.1. The van der Waals surface area contributed by atoms with Gasteiger partial charge in [0.2, 0.25) is 0 Å². The van der Waals surface area contributed by atoms with Crippen LogP contribution in [0, 0.1) is 5.92 Å². The van der Waals surface area contributed by atoms with Gasteiger partial charge in [0.05, 0.1) is 12.6 Å². The lowest BCUT2D eigenvalue weighted by Gasteiger charge is -2.31. The second-order valence-corrected chi connectivity index (χ2v) is 6.28. The zero-order chi connectivity index (χ0) is 13.0.